The second-order valence-electron chi connectivity index (χ2n) is 5.44. The van der Waals surface area contributed by atoms with E-state index < -0.39 is 0 Å². The molecular weight excluding hydrogens is 284 g/mol. The van der Waals surface area contributed by atoms with Gasteiger partial charge in [-0.15, -0.1) is 0 Å². The highest BCUT2D eigenvalue weighted by Crippen LogP contribution is 2.33. The molecule has 1 unspecified atom stereocenters. The number of nitrogens with one attached hydrogen (secondary N) is 1. The summed E-state index contributed by atoms with van der Waals surface area (Å²) in [5.41, 5.74) is 2.64. The first-order valence-corrected chi connectivity index (χ1v) is 7.54. The maximum atomic E-state index is 9.04. The molecule has 1 aliphatic heterocycles. The van der Waals surface area contributed by atoms with Crippen LogP contribution in [0.2, 0.25) is 0 Å². The van der Waals surface area contributed by atoms with Crippen molar-refractivity contribution in [1.82, 2.24) is 19.5 Å². The van der Waals surface area contributed by atoms with Gasteiger partial charge in [0.2, 0.25) is 0 Å². The van der Waals surface area contributed by atoms with E-state index in [2.05, 4.69) is 19.5 Å². The molecule has 0 saturated carbocycles. The van der Waals surface area contributed by atoms with E-state index in [-0.39, 0.29) is 19.3 Å². The number of aromatic amines is 1. The largest absolute Gasteiger partial charge is 0.462 e. The minimum absolute atomic E-state index is 0.0395. The van der Waals surface area contributed by atoms with Crippen molar-refractivity contribution in [3.8, 4) is 6.01 Å². The normalized spacial score (nSPS) is 19.0. The molecule has 0 aromatic carbocycles. The number of aromatic nitrogens is 4. The Labute approximate surface area is 126 Å². The van der Waals surface area contributed by atoms with Gasteiger partial charge in [-0.1, -0.05) is 0 Å². The zero-order chi connectivity index (χ0) is 14.9. The molecule has 4 rings (SSSR count). The molecule has 1 aliphatic rings. The number of H-pyrrole nitrogens is 1. The number of imidazole rings is 1. The summed E-state index contributed by atoms with van der Waals surface area (Å²) >= 11 is 0. The lowest BCUT2D eigenvalue weighted by atomic mass is 10.1. The predicted molar refractivity (Wildman–Crippen MR) is 81.1 cm³/mol. The Morgan fingerprint density at radius 3 is 3.27 bits per heavy atom. The van der Waals surface area contributed by atoms with Gasteiger partial charge in [-0.05, 0) is 18.9 Å². The molecule has 7 nitrogen and oxygen atoms in total. The zero-order valence-corrected chi connectivity index (χ0v) is 12.2. The Hall–Kier alpha value is -2.12. The molecule has 0 aliphatic carbocycles. The average Bonchev–Trinajstić information content (AvgIpc) is 3.17. The van der Waals surface area contributed by atoms with Crippen molar-refractivity contribution < 1.29 is 14.6 Å². The van der Waals surface area contributed by atoms with Crippen LogP contribution in [0.25, 0.3) is 22.1 Å². The first kappa shape index (κ1) is 13.5. The highest BCUT2D eigenvalue weighted by Gasteiger charge is 2.24. The second kappa shape index (κ2) is 5.58. The quantitative estimate of drug-likeness (QED) is 0.765. The summed E-state index contributed by atoms with van der Waals surface area (Å²) in [7, 11) is 0. The minimum atomic E-state index is -0.0395. The summed E-state index contributed by atoms with van der Waals surface area (Å²) in [5, 5.41) is 10.1. The van der Waals surface area contributed by atoms with E-state index in [1.807, 2.05) is 12.3 Å². The van der Waals surface area contributed by atoms with E-state index in [1.54, 1.807) is 6.20 Å². The van der Waals surface area contributed by atoms with Crippen LogP contribution < -0.4 is 4.74 Å². The van der Waals surface area contributed by atoms with Gasteiger partial charge in [-0.25, -0.2) is 4.98 Å². The predicted octanol–water partition coefficient (Wildman–Crippen LogP) is 1.64. The lowest BCUT2D eigenvalue weighted by Gasteiger charge is -2.25. The third kappa shape index (κ3) is 2.13. The number of fused-ring (bicyclic) bond motifs is 3. The van der Waals surface area contributed by atoms with E-state index in [9.17, 15) is 0 Å². The number of aliphatic hydroxyl groups is 1. The van der Waals surface area contributed by atoms with Crippen LogP contribution >= 0.6 is 0 Å². The van der Waals surface area contributed by atoms with Crippen molar-refractivity contribution in [2.24, 2.45) is 0 Å². The summed E-state index contributed by atoms with van der Waals surface area (Å²) in [5.74, 6) is 0. The molecule has 7 heteroatoms. The molecule has 116 valence electrons. The van der Waals surface area contributed by atoms with Crippen molar-refractivity contribution in [1.29, 1.82) is 0 Å². The summed E-state index contributed by atoms with van der Waals surface area (Å²) in [4.78, 5) is 12.1. The number of rotatable bonds is 4. The zero-order valence-electron chi connectivity index (χ0n) is 12.2. The van der Waals surface area contributed by atoms with Crippen LogP contribution in [-0.4, -0.2) is 51.1 Å². The summed E-state index contributed by atoms with van der Waals surface area (Å²) in [6.07, 6.45) is 5.67. The van der Waals surface area contributed by atoms with Crippen LogP contribution in [0.4, 0.5) is 0 Å². The van der Waals surface area contributed by atoms with E-state index >= 15 is 0 Å². The molecule has 22 heavy (non-hydrogen) atoms. The van der Waals surface area contributed by atoms with Gasteiger partial charge in [0.05, 0.1) is 31.0 Å². The first-order valence-electron chi connectivity index (χ1n) is 7.54. The van der Waals surface area contributed by atoms with Crippen molar-refractivity contribution >= 4 is 22.1 Å². The molecule has 2 N–H and O–H groups in total. The maximum Gasteiger partial charge on any atom is 0.297 e. The van der Waals surface area contributed by atoms with Crippen molar-refractivity contribution in [2.75, 3.05) is 26.4 Å². The molecule has 3 aromatic heterocycles. The molecule has 1 atom stereocenters. The minimum Gasteiger partial charge on any atom is -0.462 e. The van der Waals surface area contributed by atoms with Gasteiger partial charge >= 0.3 is 0 Å². The van der Waals surface area contributed by atoms with E-state index in [4.69, 9.17) is 14.6 Å². The highest BCUT2D eigenvalue weighted by molar-refractivity contribution is 6.01. The van der Waals surface area contributed by atoms with Crippen LogP contribution in [0, 0.1) is 0 Å². The van der Waals surface area contributed by atoms with E-state index in [0.717, 1.165) is 41.5 Å². The number of aliphatic hydroxyl groups excluding tert-OH is 1. The SMILES string of the molecule is OCCOc1nc2cnc3[nH]ccc3c2n1C1CCCOC1. The third-order valence-electron chi connectivity index (χ3n) is 4.03. The Kier molecular flexibility index (Phi) is 3.44. The molecule has 4 heterocycles. The second-order valence-corrected chi connectivity index (χ2v) is 5.44. The third-order valence-corrected chi connectivity index (χ3v) is 4.03. The van der Waals surface area contributed by atoms with Crippen LogP contribution in [0.5, 0.6) is 6.01 Å². The lowest BCUT2D eigenvalue weighted by Crippen LogP contribution is -2.22. The summed E-state index contributed by atoms with van der Waals surface area (Å²) < 4.78 is 13.4. The van der Waals surface area contributed by atoms with E-state index in [1.165, 1.54) is 0 Å². The smallest absolute Gasteiger partial charge is 0.297 e. The van der Waals surface area contributed by atoms with Gasteiger partial charge < -0.3 is 19.6 Å². The fourth-order valence-electron chi connectivity index (χ4n) is 3.08. The van der Waals surface area contributed by atoms with Crippen molar-refractivity contribution in [3.63, 3.8) is 0 Å². The highest BCUT2D eigenvalue weighted by atomic mass is 16.5. The average molecular weight is 302 g/mol. The number of pyridine rings is 1. The summed E-state index contributed by atoms with van der Waals surface area (Å²) in [6, 6.07) is 2.71. The van der Waals surface area contributed by atoms with Gasteiger partial charge in [0.25, 0.3) is 6.01 Å². The van der Waals surface area contributed by atoms with E-state index in [0.29, 0.717) is 12.6 Å². The molecule has 0 spiro atoms. The Morgan fingerprint density at radius 2 is 2.45 bits per heavy atom. The standard InChI is InChI=1S/C15H18N4O3/c20-5-7-22-15-18-12-8-17-14-11(3-4-16-14)13(12)19(15)10-2-1-6-21-9-10/h3-4,8,10,20H,1-2,5-7,9H2,(H,16,17). The fourth-order valence-corrected chi connectivity index (χ4v) is 3.08. The molecule has 0 bridgehead atoms. The van der Waals surface area contributed by atoms with Crippen molar-refractivity contribution in [3.05, 3.63) is 18.5 Å². The van der Waals surface area contributed by atoms with Gasteiger partial charge in [0.1, 0.15) is 17.8 Å². The van der Waals surface area contributed by atoms with Crippen LogP contribution in [0.1, 0.15) is 18.9 Å². The van der Waals surface area contributed by atoms with Crippen LogP contribution in [0.3, 0.4) is 0 Å². The molecule has 0 amide bonds. The number of nitrogens with zero attached hydrogens (tertiary/aromatic N) is 3. The summed E-state index contributed by atoms with van der Waals surface area (Å²) in [6.45, 7) is 1.63. The topological polar surface area (TPSA) is 85.2 Å². The molecule has 0 radical (unpaired) electrons. The van der Waals surface area contributed by atoms with Gasteiger partial charge in [-0.3, -0.25) is 4.57 Å². The lowest BCUT2D eigenvalue weighted by molar-refractivity contribution is 0.0562. The monoisotopic (exact) mass is 302 g/mol. The number of hydrogen-bond acceptors (Lipinski definition) is 5. The van der Waals surface area contributed by atoms with Gasteiger partial charge in [0.15, 0.2) is 0 Å². The van der Waals surface area contributed by atoms with Gasteiger partial charge in [-0.2, -0.15) is 4.98 Å². The van der Waals surface area contributed by atoms with Crippen molar-refractivity contribution in [2.45, 2.75) is 18.9 Å². The Bertz CT molecular complexity index is 789. The van der Waals surface area contributed by atoms with Crippen LogP contribution in [0.15, 0.2) is 18.5 Å². The fraction of sp³-hybridized carbons (Fsp3) is 0.467. The van der Waals surface area contributed by atoms with Crippen LogP contribution in [-0.2, 0) is 4.74 Å². The molecule has 1 fully saturated rings. The number of hydrogen-bond donors (Lipinski definition) is 2. The number of ether oxygens (including phenoxy) is 2. The maximum absolute atomic E-state index is 9.04. The Balaban J connectivity index is 1.92. The first-order chi connectivity index (χ1) is 10.9. The molecule has 1 saturated heterocycles. The van der Waals surface area contributed by atoms with Gasteiger partial charge in [0, 0.05) is 18.2 Å². The molecular formula is C15H18N4O3. The molecule has 3 aromatic rings. The Morgan fingerprint density at radius 1 is 1.50 bits per heavy atom.